The van der Waals surface area contributed by atoms with Crippen LogP contribution in [0.15, 0.2) is 0 Å². The number of esters is 1. The SMILES string of the molecule is CCCN.COP(=O)(OCC(CO[C-]=O)O[C-]=O)OCC(COC(=O)CCN)OC=O.[Cs+].[Cs+]. The molecule has 4 N–H and O–H groups in total. The van der Waals surface area contributed by atoms with Crippen molar-refractivity contribution in [3.8, 4) is 0 Å². The number of hydrogen-bond donors (Lipinski definition) is 2. The maximum Gasteiger partial charge on any atom is 1.00 e. The molecule has 0 aliphatic rings. The third-order valence-corrected chi connectivity index (χ3v) is 4.30. The molecule has 17 heteroatoms. The summed E-state index contributed by atoms with van der Waals surface area (Å²) in [5.41, 5.74) is 10.2. The third kappa shape index (κ3) is 26.9. The predicted octanol–water partition coefficient (Wildman–Crippen LogP) is -6.89. The van der Waals surface area contributed by atoms with Crippen LogP contribution in [-0.2, 0) is 56.3 Å². The predicted molar refractivity (Wildman–Crippen MR) is 104 cm³/mol. The molecule has 0 amide bonds. The van der Waals surface area contributed by atoms with Gasteiger partial charge in [-0.1, -0.05) is 19.9 Å². The fraction of sp³-hybridized carbons (Fsp3) is 0.750. The van der Waals surface area contributed by atoms with E-state index in [-0.39, 0.29) is 164 Å². The Morgan fingerprint density at radius 3 is 2.00 bits per heavy atom. The van der Waals surface area contributed by atoms with Crippen LogP contribution in [0, 0.1) is 0 Å². The van der Waals surface area contributed by atoms with Gasteiger partial charge in [-0.05, 0) is 13.0 Å². The van der Waals surface area contributed by atoms with Gasteiger partial charge >= 0.3 is 152 Å². The Kier molecular flexibility index (Phi) is 38.6. The Bertz CT molecular complexity index is 546. The Balaban J connectivity index is -0.000000643. The van der Waals surface area contributed by atoms with Crippen molar-refractivity contribution in [3.05, 3.63) is 0 Å². The first-order chi connectivity index (χ1) is 14.9. The van der Waals surface area contributed by atoms with Crippen molar-refractivity contribution in [2.45, 2.75) is 32.0 Å². The van der Waals surface area contributed by atoms with E-state index in [1.165, 1.54) is 0 Å². The molecule has 0 aromatic carbocycles. The van der Waals surface area contributed by atoms with Crippen LogP contribution in [0.3, 0.4) is 0 Å². The fourth-order valence-electron chi connectivity index (χ4n) is 1.38. The molecule has 0 rings (SSSR count). The average molecular weight is 738 g/mol. The van der Waals surface area contributed by atoms with Gasteiger partial charge in [0.25, 0.3) is 6.47 Å². The summed E-state index contributed by atoms with van der Waals surface area (Å²) >= 11 is 0. The van der Waals surface area contributed by atoms with E-state index in [0.29, 0.717) is 0 Å². The molecule has 0 aromatic rings. The first kappa shape index (κ1) is 42.1. The van der Waals surface area contributed by atoms with Crippen molar-refractivity contribution in [1.29, 1.82) is 0 Å². The van der Waals surface area contributed by atoms with E-state index in [1.807, 2.05) is 0 Å². The normalized spacial score (nSPS) is 13.1. The van der Waals surface area contributed by atoms with E-state index < -0.39 is 45.8 Å². The summed E-state index contributed by atoms with van der Waals surface area (Å²) in [6.07, 6.45) is -1.18. The molecule has 33 heavy (non-hydrogen) atoms. The second-order valence-electron chi connectivity index (χ2n) is 5.30. The topological polar surface area (TPSA) is 202 Å². The van der Waals surface area contributed by atoms with Gasteiger partial charge in [-0.3, -0.25) is 23.2 Å². The van der Waals surface area contributed by atoms with E-state index in [4.69, 9.17) is 25.3 Å². The van der Waals surface area contributed by atoms with Gasteiger partial charge in [0, 0.05) is 13.7 Å². The van der Waals surface area contributed by atoms with Gasteiger partial charge in [-0.25, -0.2) is 4.57 Å². The minimum absolute atomic E-state index is 0. The molecular weight excluding hydrogens is 709 g/mol. The minimum atomic E-state index is -4.17. The van der Waals surface area contributed by atoms with E-state index >= 15 is 0 Å². The van der Waals surface area contributed by atoms with Gasteiger partial charge in [0.05, 0.1) is 26.2 Å². The first-order valence-electron chi connectivity index (χ1n) is 8.97. The molecule has 0 bridgehead atoms. The molecule has 0 saturated carbocycles. The largest absolute Gasteiger partial charge is 1.00 e. The van der Waals surface area contributed by atoms with E-state index in [2.05, 4.69) is 25.7 Å². The zero-order chi connectivity index (χ0) is 24.0. The molecule has 0 aliphatic carbocycles. The quantitative estimate of drug-likeness (QED) is 0.0417. The Morgan fingerprint density at radius 1 is 1.00 bits per heavy atom. The van der Waals surface area contributed by atoms with Gasteiger partial charge in [0.1, 0.15) is 12.7 Å². The molecule has 0 aliphatic heterocycles. The van der Waals surface area contributed by atoms with Crippen molar-refractivity contribution in [1.82, 2.24) is 0 Å². The van der Waals surface area contributed by atoms with Crippen LogP contribution in [0.1, 0.15) is 19.8 Å². The summed E-state index contributed by atoms with van der Waals surface area (Å²) in [5, 5.41) is 0. The molecule has 0 aromatic heterocycles. The van der Waals surface area contributed by atoms with Crippen LogP contribution < -0.4 is 149 Å². The molecule has 0 heterocycles. The van der Waals surface area contributed by atoms with Gasteiger partial charge in [-0.15, -0.1) is 0 Å². The molecule has 0 spiro atoms. The summed E-state index contributed by atoms with van der Waals surface area (Å²) in [6.45, 7) is 3.39. The fourth-order valence-corrected chi connectivity index (χ4v) is 2.37. The smallest absolute Gasteiger partial charge is 0.650 e. The van der Waals surface area contributed by atoms with Gasteiger partial charge in [-0.2, -0.15) is 0 Å². The molecule has 3 unspecified atom stereocenters. The van der Waals surface area contributed by atoms with E-state index in [9.17, 15) is 23.7 Å². The van der Waals surface area contributed by atoms with Crippen molar-refractivity contribution in [3.63, 3.8) is 0 Å². The van der Waals surface area contributed by atoms with Crippen molar-refractivity contribution >= 4 is 33.2 Å². The zero-order valence-corrected chi connectivity index (χ0v) is 32.8. The molecule has 0 saturated heterocycles. The monoisotopic (exact) mass is 738 g/mol. The third-order valence-electron chi connectivity index (χ3n) is 2.92. The molecule has 182 valence electrons. The number of carbonyl (C=O) groups is 2. The number of nitrogens with two attached hydrogens (primary N) is 2. The second-order valence-corrected chi connectivity index (χ2v) is 7.08. The zero-order valence-electron chi connectivity index (χ0n) is 19.4. The van der Waals surface area contributed by atoms with Crippen LogP contribution in [0.4, 0.5) is 0 Å². The maximum absolute atomic E-state index is 12.3. The maximum atomic E-state index is 12.3. The Hall–Kier alpha value is 2.01. The number of hydrogen-bond acceptors (Lipinski definition) is 14. The van der Waals surface area contributed by atoms with E-state index in [0.717, 1.165) is 33.0 Å². The standard InChI is InChI=1S/C13H20NO12P.C3H9N.2Cs/c1-20-27(19,25-6-11(23-9-16)4-21-8-15)26-7-12(24-10-17)5-22-13(18)2-3-14;1-2-3-4;;/h10-12H,2-7,14H2,1H3;2-4H2,1H3;;/q-2;;2*+1. The van der Waals surface area contributed by atoms with Crippen molar-refractivity contribution < 1.29 is 194 Å². The van der Waals surface area contributed by atoms with Crippen molar-refractivity contribution in [2.24, 2.45) is 11.5 Å². The molecule has 0 radical (unpaired) electrons. The number of phosphoric ester groups is 1. The number of rotatable bonds is 19. The summed E-state index contributed by atoms with van der Waals surface area (Å²) in [5.74, 6) is -0.625. The molecule has 14 nitrogen and oxygen atoms in total. The van der Waals surface area contributed by atoms with Crippen LogP contribution in [0.2, 0.25) is 0 Å². The molecular formula is C16H29Cs2N2O12P. The average Bonchev–Trinajstić information content (AvgIpc) is 2.78. The first-order valence-corrected chi connectivity index (χ1v) is 10.4. The van der Waals surface area contributed by atoms with Gasteiger partial charge < -0.3 is 40.0 Å². The minimum Gasteiger partial charge on any atom is -0.650 e. The number of carbonyl (C=O) groups excluding carboxylic acids is 4. The number of ether oxygens (including phenoxy) is 4. The Morgan fingerprint density at radius 2 is 1.58 bits per heavy atom. The van der Waals surface area contributed by atoms with Gasteiger partial charge in [0.2, 0.25) is 0 Å². The summed E-state index contributed by atoms with van der Waals surface area (Å²) in [6, 6.07) is 0. The molecule has 0 fully saturated rings. The van der Waals surface area contributed by atoms with Crippen LogP contribution in [-0.4, -0.2) is 84.2 Å². The van der Waals surface area contributed by atoms with Gasteiger partial charge in [0.15, 0.2) is 6.10 Å². The Labute approximate surface area is 310 Å². The van der Waals surface area contributed by atoms with Crippen LogP contribution >= 0.6 is 7.82 Å². The number of phosphoric acid groups is 1. The summed E-state index contributed by atoms with van der Waals surface area (Å²) < 4.78 is 45.0. The summed E-state index contributed by atoms with van der Waals surface area (Å²) in [7, 11) is -3.16. The summed E-state index contributed by atoms with van der Waals surface area (Å²) in [4.78, 5) is 42.0. The molecule has 3 atom stereocenters. The van der Waals surface area contributed by atoms with E-state index in [1.54, 1.807) is 0 Å². The van der Waals surface area contributed by atoms with Crippen LogP contribution in [0.25, 0.3) is 0 Å². The second kappa shape index (κ2) is 30.2. The van der Waals surface area contributed by atoms with Crippen LogP contribution in [0.5, 0.6) is 0 Å². The van der Waals surface area contributed by atoms with Crippen molar-refractivity contribution in [2.75, 3.05) is 46.6 Å².